The molecule has 1 aliphatic heterocycles. The Bertz CT molecular complexity index is 1010. The molecule has 0 saturated carbocycles. The molecule has 0 aliphatic carbocycles. The molecule has 1 amide bonds. The van der Waals surface area contributed by atoms with Gasteiger partial charge in [0, 0.05) is 5.70 Å². The first-order chi connectivity index (χ1) is 14.5. The summed E-state index contributed by atoms with van der Waals surface area (Å²) in [5.41, 5.74) is 2.20. The van der Waals surface area contributed by atoms with Crippen molar-refractivity contribution < 1.29 is 18.7 Å². The lowest BCUT2D eigenvalue weighted by Gasteiger charge is -2.15. The number of methoxy groups -OCH3 is 1. The molecule has 1 atom stereocenters. The summed E-state index contributed by atoms with van der Waals surface area (Å²) >= 11 is 1.26. The molecule has 1 unspecified atom stereocenters. The van der Waals surface area contributed by atoms with Crippen molar-refractivity contribution in [3.8, 4) is 0 Å². The molecule has 1 aliphatic rings. The molecule has 2 N–H and O–H groups in total. The number of para-hydroxylation sites is 3. The number of aliphatic imine (C=N–C) groups is 1. The first kappa shape index (κ1) is 21.6. The van der Waals surface area contributed by atoms with Crippen molar-refractivity contribution >= 4 is 45.7 Å². The van der Waals surface area contributed by atoms with Gasteiger partial charge in [0.05, 0.1) is 40.9 Å². The monoisotopic (exact) mass is 427 g/mol. The second-order valence-corrected chi connectivity index (χ2v) is 7.72. The molecule has 30 heavy (non-hydrogen) atoms. The molecule has 6 nitrogen and oxygen atoms in total. The van der Waals surface area contributed by atoms with Gasteiger partial charge in [-0.25, -0.2) is 9.38 Å². The zero-order valence-corrected chi connectivity index (χ0v) is 17.5. The fourth-order valence-electron chi connectivity index (χ4n) is 2.81. The molecule has 0 bridgehead atoms. The molecule has 3 rings (SSSR count). The number of hydrogen-bond acceptors (Lipinski definition) is 6. The second-order valence-electron chi connectivity index (χ2n) is 6.50. The Balaban J connectivity index is 1.84. The van der Waals surface area contributed by atoms with Crippen molar-refractivity contribution in [3.05, 3.63) is 66.1 Å². The number of esters is 1. The molecule has 0 saturated heterocycles. The average Bonchev–Trinajstić information content (AvgIpc) is 2.91. The minimum Gasteiger partial charge on any atom is -0.469 e. The number of amides is 1. The standard InChI is InChI=1S/C22H22FN3O3S/c1-3-19(22(28)26-16-9-5-4-8-15(16)23)30-20-12-14(13-21(27)29-2)24-17-10-6-7-11-18(17)25-20/h4-12,19,24H,3,13H2,1-2H3,(H,26,28). The summed E-state index contributed by atoms with van der Waals surface area (Å²) in [4.78, 5) is 29.2. The SMILES string of the molecule is CCC(SC1=Nc2ccccc2NC(CC(=O)OC)=C1)C(=O)Nc1ccccc1F. The molecule has 0 aromatic heterocycles. The highest BCUT2D eigenvalue weighted by molar-refractivity contribution is 8.15. The molecule has 0 spiro atoms. The number of thioether (sulfide) groups is 1. The number of hydrogen-bond donors (Lipinski definition) is 2. The minimum atomic E-state index is -0.496. The van der Waals surface area contributed by atoms with E-state index in [1.54, 1.807) is 18.2 Å². The van der Waals surface area contributed by atoms with E-state index in [9.17, 15) is 14.0 Å². The number of halogens is 1. The Labute approximate surface area is 178 Å². The number of carbonyl (C=O) groups is 2. The van der Waals surface area contributed by atoms with Crippen molar-refractivity contribution in [2.24, 2.45) is 4.99 Å². The Kier molecular flexibility index (Phi) is 7.24. The predicted molar refractivity (Wildman–Crippen MR) is 119 cm³/mol. The van der Waals surface area contributed by atoms with Gasteiger partial charge < -0.3 is 15.4 Å². The van der Waals surface area contributed by atoms with E-state index < -0.39 is 11.1 Å². The van der Waals surface area contributed by atoms with Crippen LogP contribution in [0, 0.1) is 5.82 Å². The van der Waals surface area contributed by atoms with Gasteiger partial charge in [-0.05, 0) is 36.8 Å². The van der Waals surface area contributed by atoms with E-state index in [1.807, 2.05) is 31.2 Å². The number of ether oxygens (including phenoxy) is 1. The highest BCUT2D eigenvalue weighted by atomic mass is 32.2. The van der Waals surface area contributed by atoms with Crippen LogP contribution in [0.25, 0.3) is 0 Å². The van der Waals surface area contributed by atoms with Crippen LogP contribution in [0.2, 0.25) is 0 Å². The fourth-order valence-corrected chi connectivity index (χ4v) is 3.80. The summed E-state index contributed by atoms with van der Waals surface area (Å²) in [6, 6.07) is 13.5. The molecule has 8 heteroatoms. The summed E-state index contributed by atoms with van der Waals surface area (Å²) in [6.45, 7) is 1.88. The third-order valence-corrected chi connectivity index (χ3v) is 5.63. The zero-order valence-electron chi connectivity index (χ0n) is 16.6. The van der Waals surface area contributed by atoms with Gasteiger partial charge in [0.15, 0.2) is 0 Å². The Morgan fingerprint density at radius 3 is 2.67 bits per heavy atom. The lowest BCUT2D eigenvalue weighted by molar-refractivity contribution is -0.139. The Hall–Kier alpha value is -3.13. The van der Waals surface area contributed by atoms with Gasteiger partial charge in [0.1, 0.15) is 5.82 Å². The lowest BCUT2D eigenvalue weighted by atomic mass is 10.2. The van der Waals surface area contributed by atoms with Gasteiger partial charge in [-0.1, -0.05) is 43.0 Å². The Morgan fingerprint density at radius 2 is 1.93 bits per heavy atom. The molecule has 2 aromatic rings. The third-order valence-electron chi connectivity index (χ3n) is 4.35. The van der Waals surface area contributed by atoms with Crippen LogP contribution in [0.1, 0.15) is 19.8 Å². The normalized spacial score (nSPS) is 13.7. The molecule has 156 valence electrons. The van der Waals surface area contributed by atoms with Crippen LogP contribution in [-0.4, -0.2) is 29.3 Å². The third kappa shape index (κ3) is 5.48. The topological polar surface area (TPSA) is 79.8 Å². The van der Waals surface area contributed by atoms with Crippen LogP contribution in [0.4, 0.5) is 21.5 Å². The van der Waals surface area contributed by atoms with Gasteiger partial charge in [-0.2, -0.15) is 0 Å². The number of rotatable bonds is 6. The summed E-state index contributed by atoms with van der Waals surface area (Å²) in [6.07, 6.45) is 2.29. The maximum absolute atomic E-state index is 13.9. The van der Waals surface area contributed by atoms with E-state index in [2.05, 4.69) is 15.6 Å². The highest BCUT2D eigenvalue weighted by Crippen LogP contribution is 2.32. The number of nitrogens with one attached hydrogen (secondary N) is 2. The average molecular weight is 428 g/mol. The van der Waals surface area contributed by atoms with Crippen molar-refractivity contribution in [3.63, 3.8) is 0 Å². The summed E-state index contributed by atoms with van der Waals surface area (Å²) in [5.74, 6) is -1.19. The van der Waals surface area contributed by atoms with Crippen LogP contribution in [-0.2, 0) is 14.3 Å². The molecular formula is C22H22FN3O3S. The van der Waals surface area contributed by atoms with Crippen molar-refractivity contribution in [2.45, 2.75) is 25.0 Å². The predicted octanol–water partition coefficient (Wildman–Crippen LogP) is 4.88. The van der Waals surface area contributed by atoms with Crippen molar-refractivity contribution in [1.82, 2.24) is 0 Å². The van der Waals surface area contributed by atoms with E-state index in [4.69, 9.17) is 4.74 Å². The fraction of sp³-hybridized carbons (Fsp3) is 0.227. The first-order valence-electron chi connectivity index (χ1n) is 9.44. The number of nitrogens with zero attached hydrogens (tertiary/aromatic N) is 1. The largest absolute Gasteiger partial charge is 0.469 e. The van der Waals surface area contributed by atoms with Crippen LogP contribution in [0.5, 0.6) is 0 Å². The highest BCUT2D eigenvalue weighted by Gasteiger charge is 2.22. The van der Waals surface area contributed by atoms with Gasteiger partial charge in [-0.3, -0.25) is 9.59 Å². The van der Waals surface area contributed by atoms with Gasteiger partial charge in [-0.15, -0.1) is 0 Å². The number of carbonyl (C=O) groups excluding carboxylic acids is 2. The molecule has 2 aromatic carbocycles. The van der Waals surface area contributed by atoms with Gasteiger partial charge in [0.25, 0.3) is 0 Å². The van der Waals surface area contributed by atoms with Crippen LogP contribution < -0.4 is 10.6 Å². The van der Waals surface area contributed by atoms with Gasteiger partial charge in [0.2, 0.25) is 5.91 Å². The van der Waals surface area contributed by atoms with Crippen LogP contribution in [0.15, 0.2) is 65.3 Å². The Morgan fingerprint density at radius 1 is 1.20 bits per heavy atom. The lowest BCUT2D eigenvalue weighted by Crippen LogP contribution is -2.26. The van der Waals surface area contributed by atoms with Crippen molar-refractivity contribution in [1.29, 1.82) is 0 Å². The zero-order chi connectivity index (χ0) is 21.5. The smallest absolute Gasteiger partial charge is 0.311 e. The molecule has 1 heterocycles. The summed E-state index contributed by atoms with van der Waals surface area (Å²) < 4.78 is 18.7. The summed E-state index contributed by atoms with van der Waals surface area (Å²) in [7, 11) is 1.33. The minimum absolute atomic E-state index is 0.0443. The number of anilines is 2. The molecular weight excluding hydrogens is 405 g/mol. The van der Waals surface area contributed by atoms with E-state index in [-0.39, 0.29) is 24.0 Å². The van der Waals surface area contributed by atoms with Crippen LogP contribution in [0.3, 0.4) is 0 Å². The quantitative estimate of drug-likeness (QED) is 0.643. The van der Waals surface area contributed by atoms with E-state index in [0.717, 1.165) is 5.69 Å². The van der Waals surface area contributed by atoms with Gasteiger partial charge >= 0.3 is 5.97 Å². The van der Waals surface area contributed by atoms with E-state index in [0.29, 0.717) is 22.8 Å². The van der Waals surface area contributed by atoms with Crippen molar-refractivity contribution in [2.75, 3.05) is 17.7 Å². The molecule has 0 radical (unpaired) electrons. The first-order valence-corrected chi connectivity index (χ1v) is 10.3. The second kappa shape index (κ2) is 10.1. The maximum atomic E-state index is 13.9. The maximum Gasteiger partial charge on any atom is 0.311 e. The van der Waals surface area contributed by atoms with Crippen LogP contribution >= 0.6 is 11.8 Å². The van der Waals surface area contributed by atoms with E-state index in [1.165, 1.54) is 31.0 Å². The number of benzene rings is 2. The molecule has 0 fully saturated rings. The number of fused-ring (bicyclic) bond motifs is 1. The van der Waals surface area contributed by atoms with E-state index >= 15 is 0 Å². The summed E-state index contributed by atoms with van der Waals surface area (Å²) in [5, 5.41) is 5.92.